The fourth-order valence-corrected chi connectivity index (χ4v) is 3.02. The zero-order valence-electron chi connectivity index (χ0n) is 9.32. The molecule has 3 rings (SSSR count). The zero-order chi connectivity index (χ0) is 10.1. The molecule has 0 spiro atoms. The first-order chi connectivity index (χ1) is 7.45. The Kier molecular flexibility index (Phi) is 2.92. The first-order valence-electron chi connectivity index (χ1n) is 6.32. The van der Waals surface area contributed by atoms with E-state index in [-0.39, 0.29) is 0 Å². The highest BCUT2D eigenvalue weighted by molar-refractivity contribution is 4.86. The summed E-state index contributed by atoms with van der Waals surface area (Å²) in [5.74, 6) is 0. The quantitative estimate of drug-likeness (QED) is 0.716. The molecule has 15 heavy (non-hydrogen) atoms. The van der Waals surface area contributed by atoms with Crippen molar-refractivity contribution in [2.45, 2.75) is 38.0 Å². The molecule has 3 aliphatic rings. The zero-order valence-corrected chi connectivity index (χ0v) is 9.32. The lowest BCUT2D eigenvalue weighted by Gasteiger charge is -2.35. The Morgan fingerprint density at radius 3 is 2.67 bits per heavy atom. The van der Waals surface area contributed by atoms with Gasteiger partial charge in [-0.25, -0.2) is 10.0 Å². The first-order valence-corrected chi connectivity index (χ1v) is 6.32. The van der Waals surface area contributed by atoms with Crippen molar-refractivity contribution in [2.75, 3.05) is 32.8 Å². The molecule has 0 radical (unpaired) electrons. The van der Waals surface area contributed by atoms with E-state index in [2.05, 4.69) is 15.3 Å². The molecule has 3 aliphatic heterocycles. The Bertz CT molecular complexity index is 190. The topological polar surface area (TPSA) is 27.7 Å². The van der Waals surface area contributed by atoms with Crippen molar-refractivity contribution in [2.24, 2.45) is 0 Å². The molecule has 1 N–H and O–H groups in total. The van der Waals surface area contributed by atoms with Crippen molar-refractivity contribution in [1.82, 2.24) is 15.3 Å². The normalized spacial score (nSPS) is 39.2. The van der Waals surface area contributed by atoms with Gasteiger partial charge in [0, 0.05) is 32.8 Å². The van der Waals surface area contributed by atoms with Gasteiger partial charge in [0.25, 0.3) is 0 Å². The first kappa shape index (κ1) is 10.0. The number of rotatable bonds is 2. The van der Waals surface area contributed by atoms with Crippen LogP contribution in [0.2, 0.25) is 0 Å². The smallest absolute Gasteiger partial charge is 0.100 e. The Morgan fingerprint density at radius 2 is 1.93 bits per heavy atom. The highest BCUT2D eigenvalue weighted by Gasteiger charge is 2.37. The van der Waals surface area contributed by atoms with Crippen LogP contribution < -0.4 is 5.32 Å². The van der Waals surface area contributed by atoms with Crippen LogP contribution in [0.5, 0.6) is 0 Å². The fraction of sp³-hybridized carbons (Fsp3) is 1.00. The third-order valence-electron chi connectivity index (χ3n) is 3.78. The van der Waals surface area contributed by atoms with Crippen molar-refractivity contribution in [3.8, 4) is 0 Å². The summed E-state index contributed by atoms with van der Waals surface area (Å²) in [6.45, 7) is 5.71. The molecule has 2 unspecified atom stereocenters. The van der Waals surface area contributed by atoms with Crippen LogP contribution >= 0.6 is 0 Å². The number of hydrazine groups is 1. The molecular formula is C11H21N3O. The summed E-state index contributed by atoms with van der Waals surface area (Å²) in [4.78, 5) is 0. The van der Waals surface area contributed by atoms with Gasteiger partial charge in [0.05, 0.1) is 6.10 Å². The summed E-state index contributed by atoms with van der Waals surface area (Å²) >= 11 is 0. The van der Waals surface area contributed by atoms with Gasteiger partial charge in [-0.05, 0) is 25.7 Å². The third-order valence-corrected chi connectivity index (χ3v) is 3.78. The van der Waals surface area contributed by atoms with Gasteiger partial charge in [0.1, 0.15) is 6.17 Å². The Morgan fingerprint density at radius 1 is 1.07 bits per heavy atom. The fourth-order valence-electron chi connectivity index (χ4n) is 3.02. The maximum absolute atomic E-state index is 5.80. The summed E-state index contributed by atoms with van der Waals surface area (Å²) in [5, 5.41) is 8.62. The molecule has 0 bridgehead atoms. The molecule has 0 aliphatic carbocycles. The van der Waals surface area contributed by atoms with Gasteiger partial charge < -0.3 is 4.74 Å². The largest absolute Gasteiger partial charge is 0.375 e. The molecule has 0 amide bonds. The molecule has 4 nitrogen and oxygen atoms in total. The molecule has 3 fully saturated rings. The standard InChI is InChI=1S/C11H21N3O/c1-2-7-13(6-1)14-8-5-12-11(14)10-4-3-9-15-10/h10-12H,1-9H2. The Hall–Kier alpha value is -0.160. The van der Waals surface area contributed by atoms with Gasteiger partial charge in [0.2, 0.25) is 0 Å². The second-order valence-corrected chi connectivity index (χ2v) is 4.77. The molecule has 2 atom stereocenters. The second-order valence-electron chi connectivity index (χ2n) is 4.77. The van der Waals surface area contributed by atoms with Crippen LogP contribution in [0.3, 0.4) is 0 Å². The van der Waals surface area contributed by atoms with E-state index >= 15 is 0 Å². The number of nitrogens with zero attached hydrogens (tertiary/aromatic N) is 2. The predicted octanol–water partition coefficient (Wildman–Crippen LogP) is 0.408. The Labute approximate surface area is 91.5 Å². The van der Waals surface area contributed by atoms with E-state index in [1.54, 1.807) is 0 Å². The molecule has 3 saturated heterocycles. The molecule has 86 valence electrons. The van der Waals surface area contributed by atoms with E-state index in [0.29, 0.717) is 12.3 Å². The van der Waals surface area contributed by atoms with Crippen LogP contribution in [0.15, 0.2) is 0 Å². The maximum Gasteiger partial charge on any atom is 0.100 e. The van der Waals surface area contributed by atoms with Gasteiger partial charge in [-0.2, -0.15) is 0 Å². The highest BCUT2D eigenvalue weighted by Crippen LogP contribution is 2.23. The minimum absolute atomic E-state index is 0.424. The summed E-state index contributed by atoms with van der Waals surface area (Å²) < 4.78 is 5.80. The summed E-state index contributed by atoms with van der Waals surface area (Å²) in [7, 11) is 0. The third kappa shape index (κ3) is 1.91. The van der Waals surface area contributed by atoms with Crippen LogP contribution in [0, 0.1) is 0 Å². The van der Waals surface area contributed by atoms with Crippen molar-refractivity contribution in [3.05, 3.63) is 0 Å². The number of hydrogen-bond donors (Lipinski definition) is 1. The highest BCUT2D eigenvalue weighted by atomic mass is 16.5. The molecule has 0 aromatic heterocycles. The van der Waals surface area contributed by atoms with E-state index in [9.17, 15) is 0 Å². The van der Waals surface area contributed by atoms with Gasteiger partial charge in [-0.3, -0.25) is 5.32 Å². The van der Waals surface area contributed by atoms with Crippen LogP contribution in [-0.2, 0) is 4.74 Å². The van der Waals surface area contributed by atoms with Crippen molar-refractivity contribution < 1.29 is 4.74 Å². The van der Waals surface area contributed by atoms with Crippen LogP contribution in [0.1, 0.15) is 25.7 Å². The molecule has 0 saturated carbocycles. The van der Waals surface area contributed by atoms with E-state index in [1.165, 1.54) is 38.8 Å². The number of ether oxygens (including phenoxy) is 1. The minimum Gasteiger partial charge on any atom is -0.375 e. The lowest BCUT2D eigenvalue weighted by atomic mass is 10.2. The van der Waals surface area contributed by atoms with Crippen LogP contribution in [-0.4, -0.2) is 55.1 Å². The van der Waals surface area contributed by atoms with Gasteiger partial charge in [-0.1, -0.05) is 0 Å². The molecule has 0 aromatic rings. The lowest BCUT2D eigenvalue weighted by Crippen LogP contribution is -2.52. The van der Waals surface area contributed by atoms with E-state index < -0.39 is 0 Å². The van der Waals surface area contributed by atoms with Gasteiger partial charge in [-0.15, -0.1) is 0 Å². The van der Waals surface area contributed by atoms with Crippen LogP contribution in [0.4, 0.5) is 0 Å². The minimum atomic E-state index is 0.424. The number of hydrogen-bond acceptors (Lipinski definition) is 4. The second kappa shape index (κ2) is 4.37. The SMILES string of the molecule is C1COC(C2NCCN2N2CCCC2)C1. The van der Waals surface area contributed by atoms with E-state index in [4.69, 9.17) is 4.74 Å². The summed E-state index contributed by atoms with van der Waals surface area (Å²) in [5.41, 5.74) is 0. The average Bonchev–Trinajstić information content (AvgIpc) is 3.01. The van der Waals surface area contributed by atoms with Crippen molar-refractivity contribution in [1.29, 1.82) is 0 Å². The lowest BCUT2D eigenvalue weighted by molar-refractivity contribution is -0.0707. The van der Waals surface area contributed by atoms with Crippen LogP contribution in [0.25, 0.3) is 0 Å². The monoisotopic (exact) mass is 211 g/mol. The average molecular weight is 211 g/mol. The number of nitrogens with one attached hydrogen (secondary N) is 1. The Balaban J connectivity index is 1.65. The predicted molar refractivity (Wildman–Crippen MR) is 58.3 cm³/mol. The molecule has 4 heteroatoms. The van der Waals surface area contributed by atoms with Gasteiger partial charge >= 0.3 is 0 Å². The molecular weight excluding hydrogens is 190 g/mol. The summed E-state index contributed by atoms with van der Waals surface area (Å²) in [6.07, 6.45) is 6.04. The van der Waals surface area contributed by atoms with E-state index in [1.807, 2.05) is 0 Å². The molecule has 3 heterocycles. The van der Waals surface area contributed by atoms with E-state index in [0.717, 1.165) is 19.7 Å². The van der Waals surface area contributed by atoms with Gasteiger partial charge in [0.15, 0.2) is 0 Å². The summed E-state index contributed by atoms with van der Waals surface area (Å²) in [6, 6.07) is 0. The van der Waals surface area contributed by atoms with Crippen molar-refractivity contribution in [3.63, 3.8) is 0 Å². The maximum atomic E-state index is 5.80. The molecule has 0 aromatic carbocycles. The van der Waals surface area contributed by atoms with Crippen molar-refractivity contribution >= 4 is 0 Å².